The minimum absolute atomic E-state index is 0.158. The van der Waals surface area contributed by atoms with Crippen LogP contribution in [0, 0.1) is 0 Å². The average Bonchev–Trinajstić information content (AvgIpc) is 3.37. The molecule has 14 heteroatoms. The largest absolute Gasteiger partial charge is 0.453 e. The van der Waals surface area contributed by atoms with Crippen LogP contribution in [0.25, 0.3) is 11.3 Å². The third-order valence-electron chi connectivity index (χ3n) is 8.20. The van der Waals surface area contributed by atoms with E-state index in [4.69, 9.17) is 32.9 Å². The van der Waals surface area contributed by atoms with Crippen molar-refractivity contribution in [3.8, 4) is 11.3 Å². The Hall–Kier alpha value is -4.29. The number of likely N-dealkylation sites (tertiary alicyclic amines) is 1. The minimum atomic E-state index is -1.04. The summed E-state index contributed by atoms with van der Waals surface area (Å²) in [6.45, 7) is 0.631. The first-order valence-corrected chi connectivity index (χ1v) is 15.0. The molecule has 1 spiro atoms. The second kappa shape index (κ2) is 12.0. The summed E-state index contributed by atoms with van der Waals surface area (Å²) in [5, 5.41) is 8.91. The maximum atomic E-state index is 14.3. The van der Waals surface area contributed by atoms with Gasteiger partial charge in [0.15, 0.2) is 5.60 Å². The smallest absolute Gasteiger partial charge is 0.412 e. The third-order valence-corrected chi connectivity index (χ3v) is 8.71. The van der Waals surface area contributed by atoms with Gasteiger partial charge in [-0.05, 0) is 62.1 Å². The molecule has 230 valence electrons. The van der Waals surface area contributed by atoms with Crippen molar-refractivity contribution in [3.05, 3.63) is 58.0 Å². The first-order valence-electron chi connectivity index (χ1n) is 14.3. The fraction of sp³-hybridized carbons (Fsp3) is 0.367. The number of hydrogen-bond donors (Lipinski definition) is 4. The number of rotatable bonds is 2. The number of ether oxygens (including phenoxy) is 2. The molecule has 12 nitrogen and oxygen atoms in total. The van der Waals surface area contributed by atoms with Crippen molar-refractivity contribution >= 4 is 64.3 Å². The van der Waals surface area contributed by atoms with E-state index in [1.54, 1.807) is 41.3 Å². The number of carbonyl (C=O) groups is 4. The number of hydrogen-bond acceptors (Lipinski definition) is 7. The van der Waals surface area contributed by atoms with Gasteiger partial charge in [-0.2, -0.15) is 0 Å². The number of fused-ring (bicyclic) bond motifs is 6. The predicted molar refractivity (Wildman–Crippen MR) is 164 cm³/mol. The van der Waals surface area contributed by atoms with Gasteiger partial charge >= 0.3 is 12.2 Å². The maximum Gasteiger partial charge on any atom is 0.412 e. The number of halogens is 2. The first-order chi connectivity index (χ1) is 21.2. The van der Waals surface area contributed by atoms with Crippen molar-refractivity contribution in [2.45, 2.75) is 50.0 Å². The number of aromatic amines is 1. The van der Waals surface area contributed by atoms with E-state index in [0.29, 0.717) is 77.8 Å². The van der Waals surface area contributed by atoms with E-state index in [1.165, 1.54) is 7.11 Å². The second-order valence-electron chi connectivity index (χ2n) is 11.1. The Bertz CT molecular complexity index is 1660. The lowest BCUT2D eigenvalue weighted by molar-refractivity contribution is -0.141. The molecule has 1 saturated heterocycles. The van der Waals surface area contributed by atoms with Crippen molar-refractivity contribution in [3.63, 3.8) is 0 Å². The Balaban J connectivity index is 1.34. The van der Waals surface area contributed by atoms with E-state index >= 15 is 0 Å². The molecule has 2 atom stereocenters. The number of amides is 4. The molecule has 1 aromatic heterocycles. The van der Waals surface area contributed by atoms with Crippen LogP contribution in [-0.2, 0) is 24.7 Å². The van der Waals surface area contributed by atoms with Crippen LogP contribution in [0.15, 0.2) is 36.4 Å². The van der Waals surface area contributed by atoms with Gasteiger partial charge in [-0.15, -0.1) is 0 Å². The first kappa shape index (κ1) is 29.8. The number of methoxy groups -OCH3 is 1. The van der Waals surface area contributed by atoms with Crippen LogP contribution in [0.3, 0.4) is 0 Å². The highest BCUT2D eigenvalue weighted by atomic mass is 35.5. The van der Waals surface area contributed by atoms with Crippen LogP contribution >= 0.6 is 23.2 Å². The average molecular weight is 642 g/mol. The SMILES string of the molecule is COC(=O)Nc1ccc2c(c1)NC(=O)CCCC[C@@H](C(=O)N1CCC[C@@]3(C1)OC(=O)Nc1ccc(Cl)cc13)c1nc-2c(Cl)[nH]1. The van der Waals surface area contributed by atoms with Crippen LogP contribution in [0.4, 0.5) is 26.7 Å². The van der Waals surface area contributed by atoms with E-state index < -0.39 is 23.7 Å². The highest BCUT2D eigenvalue weighted by Gasteiger charge is 2.47. The zero-order valence-electron chi connectivity index (χ0n) is 23.8. The van der Waals surface area contributed by atoms with Crippen LogP contribution in [0.5, 0.6) is 0 Å². The summed E-state index contributed by atoms with van der Waals surface area (Å²) in [5.41, 5.74) is 1.97. The van der Waals surface area contributed by atoms with Crippen LogP contribution in [-0.4, -0.2) is 59.1 Å². The van der Waals surface area contributed by atoms with Crippen molar-refractivity contribution in [1.82, 2.24) is 14.9 Å². The van der Waals surface area contributed by atoms with Gasteiger partial charge < -0.3 is 24.7 Å². The number of piperidine rings is 1. The molecule has 3 aliphatic heterocycles. The number of anilines is 3. The molecule has 0 radical (unpaired) electrons. The third kappa shape index (κ3) is 5.79. The number of aromatic nitrogens is 2. The summed E-state index contributed by atoms with van der Waals surface area (Å²) < 4.78 is 10.6. The molecule has 3 aliphatic rings. The highest BCUT2D eigenvalue weighted by molar-refractivity contribution is 6.32. The van der Waals surface area contributed by atoms with Gasteiger partial charge in [-0.1, -0.05) is 29.6 Å². The molecule has 0 saturated carbocycles. The Kier molecular flexibility index (Phi) is 8.12. The van der Waals surface area contributed by atoms with Gasteiger partial charge in [0.2, 0.25) is 11.8 Å². The maximum absolute atomic E-state index is 14.3. The molecule has 4 heterocycles. The molecule has 4 N–H and O–H groups in total. The van der Waals surface area contributed by atoms with E-state index in [0.717, 1.165) is 5.56 Å². The molecule has 4 amide bonds. The summed E-state index contributed by atoms with van der Waals surface area (Å²) in [6, 6.07) is 10.1. The number of carbonyl (C=O) groups excluding carboxylic acids is 4. The summed E-state index contributed by atoms with van der Waals surface area (Å²) in [5.74, 6) is -0.688. The number of benzene rings is 2. The fourth-order valence-corrected chi connectivity index (χ4v) is 6.55. The summed E-state index contributed by atoms with van der Waals surface area (Å²) in [6.07, 6.45) is 1.68. The van der Waals surface area contributed by atoms with Gasteiger partial charge in [0.1, 0.15) is 16.7 Å². The summed E-state index contributed by atoms with van der Waals surface area (Å²) in [4.78, 5) is 61.0. The lowest BCUT2D eigenvalue weighted by Crippen LogP contribution is -2.54. The van der Waals surface area contributed by atoms with E-state index in [1.807, 2.05) is 0 Å². The molecule has 2 bridgehead atoms. The molecule has 3 aromatic rings. The quantitative estimate of drug-likeness (QED) is 0.258. The standard InChI is InChI=1S/C30H30Cl2N6O6/c1-43-28(41)33-17-8-9-18-22(14-17)34-23(39)6-3-2-5-19(26-36-24(18)25(32)37-26)27(40)38-12-4-11-30(15-38)20-13-16(31)7-10-21(20)35-29(42)44-30/h7-10,13-14,19H,2-6,11-12,15H2,1H3,(H,33,41)(H,34,39)(H,35,42)(H,36,37)/t19-,30+/m1/s1. The van der Waals surface area contributed by atoms with Crippen LogP contribution in [0.1, 0.15) is 55.8 Å². The van der Waals surface area contributed by atoms with Gasteiger partial charge in [0, 0.05) is 34.8 Å². The molecule has 2 aromatic carbocycles. The van der Waals surface area contributed by atoms with E-state index in [2.05, 4.69) is 25.7 Å². The van der Waals surface area contributed by atoms with Crippen molar-refractivity contribution < 1.29 is 28.7 Å². The molecule has 44 heavy (non-hydrogen) atoms. The van der Waals surface area contributed by atoms with Gasteiger partial charge in [-0.25, -0.2) is 14.6 Å². The molecular weight excluding hydrogens is 611 g/mol. The lowest BCUT2D eigenvalue weighted by atomic mass is 9.83. The molecule has 0 unspecified atom stereocenters. The number of imidazole rings is 1. The summed E-state index contributed by atoms with van der Waals surface area (Å²) in [7, 11) is 1.25. The van der Waals surface area contributed by atoms with Gasteiger partial charge in [-0.3, -0.25) is 20.2 Å². The lowest BCUT2D eigenvalue weighted by Gasteiger charge is -2.45. The van der Waals surface area contributed by atoms with Crippen LogP contribution < -0.4 is 16.0 Å². The zero-order chi connectivity index (χ0) is 31.0. The van der Waals surface area contributed by atoms with Crippen molar-refractivity contribution in [2.24, 2.45) is 0 Å². The molecule has 1 fully saturated rings. The number of nitrogens with zero attached hydrogens (tertiary/aromatic N) is 2. The Morgan fingerprint density at radius 3 is 2.75 bits per heavy atom. The number of nitrogens with one attached hydrogen (secondary N) is 4. The molecule has 6 rings (SSSR count). The Morgan fingerprint density at radius 1 is 1.09 bits per heavy atom. The number of H-pyrrole nitrogens is 1. The van der Waals surface area contributed by atoms with Crippen molar-refractivity contribution in [2.75, 3.05) is 36.1 Å². The van der Waals surface area contributed by atoms with E-state index in [-0.39, 0.29) is 29.9 Å². The topological polar surface area (TPSA) is 155 Å². The monoisotopic (exact) mass is 640 g/mol. The molecule has 0 aliphatic carbocycles. The zero-order valence-corrected chi connectivity index (χ0v) is 25.3. The molecular formula is C30H30Cl2N6O6. The van der Waals surface area contributed by atoms with Crippen LogP contribution in [0.2, 0.25) is 10.2 Å². The Labute approximate surface area is 262 Å². The normalized spacial score (nSPS) is 21.4. The Morgan fingerprint density at radius 2 is 1.93 bits per heavy atom. The van der Waals surface area contributed by atoms with Gasteiger partial charge in [0.05, 0.1) is 30.9 Å². The fourth-order valence-electron chi connectivity index (χ4n) is 6.14. The van der Waals surface area contributed by atoms with E-state index in [9.17, 15) is 19.2 Å². The highest BCUT2D eigenvalue weighted by Crippen LogP contribution is 2.44. The predicted octanol–water partition coefficient (Wildman–Crippen LogP) is 6.24. The van der Waals surface area contributed by atoms with Gasteiger partial charge in [0.25, 0.3) is 0 Å². The summed E-state index contributed by atoms with van der Waals surface area (Å²) >= 11 is 13.0. The second-order valence-corrected chi connectivity index (χ2v) is 11.9. The van der Waals surface area contributed by atoms with Crippen molar-refractivity contribution in [1.29, 1.82) is 0 Å². The minimum Gasteiger partial charge on any atom is -0.453 e.